The number of rotatable bonds is 3. The number of amides is 1. The number of carbonyl (C=O) groups excluding carboxylic acids is 1. The van der Waals surface area contributed by atoms with E-state index in [4.69, 9.17) is 11.6 Å². The number of thiophene rings is 1. The van der Waals surface area contributed by atoms with E-state index >= 15 is 0 Å². The van der Waals surface area contributed by atoms with Crippen molar-refractivity contribution in [3.05, 3.63) is 33.2 Å². The predicted molar refractivity (Wildman–Crippen MR) is 76.9 cm³/mol. The molecule has 0 bridgehead atoms. The van der Waals surface area contributed by atoms with Gasteiger partial charge in [-0.15, -0.1) is 11.3 Å². The number of aromatic nitrogens is 3. The molecule has 3 heterocycles. The van der Waals surface area contributed by atoms with Crippen molar-refractivity contribution in [2.24, 2.45) is 0 Å². The molecule has 0 saturated carbocycles. The largest absolute Gasteiger partial charge is 0.335 e. The van der Waals surface area contributed by atoms with Gasteiger partial charge in [-0.25, -0.2) is 0 Å². The molecule has 0 radical (unpaired) electrons. The van der Waals surface area contributed by atoms with Gasteiger partial charge >= 0.3 is 0 Å². The van der Waals surface area contributed by atoms with Crippen LogP contribution in [0.2, 0.25) is 4.34 Å². The van der Waals surface area contributed by atoms with Crippen LogP contribution in [0.1, 0.15) is 15.4 Å². The first kappa shape index (κ1) is 13.5. The van der Waals surface area contributed by atoms with Crippen molar-refractivity contribution in [3.63, 3.8) is 0 Å². The molecule has 1 N–H and O–H groups in total. The Labute approximate surface area is 125 Å². The average Bonchev–Trinajstić information content (AvgIpc) is 3.11. The van der Waals surface area contributed by atoms with Gasteiger partial charge < -0.3 is 4.90 Å². The summed E-state index contributed by atoms with van der Waals surface area (Å²) < 4.78 is 0.819. The second kappa shape index (κ2) is 5.90. The van der Waals surface area contributed by atoms with E-state index in [0.717, 1.165) is 24.0 Å². The number of nitrogens with zero attached hydrogens (tertiary/aromatic N) is 4. The van der Waals surface area contributed by atoms with Crippen LogP contribution in [0.15, 0.2) is 18.3 Å². The van der Waals surface area contributed by atoms with Crippen molar-refractivity contribution in [1.29, 1.82) is 0 Å². The van der Waals surface area contributed by atoms with Gasteiger partial charge in [0, 0.05) is 37.6 Å². The minimum atomic E-state index is -0.0578. The third kappa shape index (κ3) is 3.00. The minimum absolute atomic E-state index is 0.0578. The first-order chi connectivity index (χ1) is 9.72. The average molecular weight is 312 g/mol. The first-order valence-electron chi connectivity index (χ1n) is 6.34. The molecule has 1 saturated heterocycles. The van der Waals surface area contributed by atoms with E-state index < -0.39 is 0 Å². The van der Waals surface area contributed by atoms with Gasteiger partial charge in [0.2, 0.25) is 0 Å². The van der Waals surface area contributed by atoms with E-state index in [-0.39, 0.29) is 5.91 Å². The fourth-order valence-electron chi connectivity index (χ4n) is 2.23. The highest BCUT2D eigenvalue weighted by molar-refractivity contribution is 7.16. The van der Waals surface area contributed by atoms with Crippen LogP contribution in [0.25, 0.3) is 0 Å². The van der Waals surface area contributed by atoms with Gasteiger partial charge in [-0.3, -0.25) is 9.69 Å². The molecule has 6 nitrogen and oxygen atoms in total. The van der Waals surface area contributed by atoms with E-state index in [2.05, 4.69) is 26.4 Å². The van der Waals surface area contributed by atoms with Crippen molar-refractivity contribution in [2.75, 3.05) is 26.2 Å². The Kier molecular flexibility index (Phi) is 4.00. The van der Waals surface area contributed by atoms with Crippen LogP contribution < -0.4 is 0 Å². The van der Waals surface area contributed by atoms with Crippen LogP contribution in [-0.4, -0.2) is 57.3 Å². The van der Waals surface area contributed by atoms with Gasteiger partial charge in [0.15, 0.2) is 5.69 Å². The minimum Gasteiger partial charge on any atom is -0.335 e. The van der Waals surface area contributed by atoms with Gasteiger partial charge in [-0.05, 0) is 12.1 Å². The normalized spacial score (nSPS) is 16.6. The first-order valence-corrected chi connectivity index (χ1v) is 7.53. The number of carbonyl (C=O) groups is 1. The van der Waals surface area contributed by atoms with Crippen LogP contribution >= 0.6 is 22.9 Å². The molecule has 8 heteroatoms. The molecule has 0 unspecified atom stereocenters. The third-order valence-corrected chi connectivity index (χ3v) is 4.52. The maximum atomic E-state index is 12.1. The lowest BCUT2D eigenvalue weighted by atomic mass is 10.2. The highest BCUT2D eigenvalue weighted by Gasteiger charge is 2.23. The number of H-pyrrole nitrogens is 1. The van der Waals surface area contributed by atoms with E-state index in [0.29, 0.717) is 18.8 Å². The Morgan fingerprint density at radius 2 is 2.15 bits per heavy atom. The molecular formula is C12H14ClN5OS. The Balaban J connectivity index is 1.53. The maximum absolute atomic E-state index is 12.1. The molecule has 1 aliphatic rings. The molecule has 0 atom stereocenters. The summed E-state index contributed by atoms with van der Waals surface area (Å²) in [5.41, 5.74) is 0.378. The van der Waals surface area contributed by atoms with Crippen LogP contribution in [0.3, 0.4) is 0 Å². The second-order valence-corrected chi connectivity index (χ2v) is 6.43. The summed E-state index contributed by atoms with van der Waals surface area (Å²) in [6.45, 7) is 4.04. The molecule has 20 heavy (non-hydrogen) atoms. The highest BCUT2D eigenvalue weighted by atomic mass is 35.5. The smallest absolute Gasteiger partial charge is 0.276 e. The standard InChI is InChI=1S/C12H14ClN5OS/c13-11-2-1-9(20-11)8-17-3-5-18(6-4-17)12(19)10-7-14-16-15-10/h1-2,7H,3-6,8H2,(H,14,15,16). The second-order valence-electron chi connectivity index (χ2n) is 4.63. The topological polar surface area (TPSA) is 65.1 Å². The summed E-state index contributed by atoms with van der Waals surface area (Å²) in [4.78, 5) is 17.5. The maximum Gasteiger partial charge on any atom is 0.276 e. The third-order valence-electron chi connectivity index (χ3n) is 3.30. The molecule has 0 aliphatic carbocycles. The van der Waals surface area contributed by atoms with E-state index in [9.17, 15) is 4.79 Å². The van der Waals surface area contributed by atoms with E-state index in [1.54, 1.807) is 11.3 Å². The zero-order valence-electron chi connectivity index (χ0n) is 10.8. The Morgan fingerprint density at radius 1 is 1.35 bits per heavy atom. The molecule has 106 valence electrons. The molecular weight excluding hydrogens is 298 g/mol. The summed E-state index contributed by atoms with van der Waals surface area (Å²) in [5, 5.41) is 9.96. The van der Waals surface area contributed by atoms with Crippen molar-refractivity contribution in [3.8, 4) is 0 Å². The summed E-state index contributed by atoms with van der Waals surface area (Å²) in [6, 6.07) is 3.98. The van der Waals surface area contributed by atoms with Gasteiger partial charge in [0.05, 0.1) is 10.5 Å². The van der Waals surface area contributed by atoms with Gasteiger partial charge in [0.25, 0.3) is 5.91 Å². The zero-order chi connectivity index (χ0) is 13.9. The Hall–Kier alpha value is -1.44. The predicted octanol–water partition coefficient (Wildman–Crippen LogP) is 1.48. The molecule has 3 rings (SSSR count). The van der Waals surface area contributed by atoms with Crippen molar-refractivity contribution in [2.45, 2.75) is 6.54 Å². The number of piperazine rings is 1. The molecule has 0 aromatic carbocycles. The highest BCUT2D eigenvalue weighted by Crippen LogP contribution is 2.23. The lowest BCUT2D eigenvalue weighted by Gasteiger charge is -2.34. The molecule has 1 aliphatic heterocycles. The number of aromatic amines is 1. The van der Waals surface area contributed by atoms with Crippen LogP contribution in [0.4, 0.5) is 0 Å². The SMILES string of the molecule is O=C(c1cn[nH]n1)N1CCN(Cc2ccc(Cl)s2)CC1. The van der Waals surface area contributed by atoms with Crippen molar-refractivity contribution >= 4 is 28.8 Å². The quantitative estimate of drug-likeness (QED) is 0.932. The molecule has 1 fully saturated rings. The zero-order valence-corrected chi connectivity index (χ0v) is 12.3. The number of hydrogen-bond donors (Lipinski definition) is 1. The summed E-state index contributed by atoms with van der Waals surface area (Å²) in [5.74, 6) is -0.0578. The fraction of sp³-hybridized carbons (Fsp3) is 0.417. The summed E-state index contributed by atoms with van der Waals surface area (Å²) in [7, 11) is 0. The molecule has 1 amide bonds. The molecule has 0 spiro atoms. The van der Waals surface area contributed by atoms with Gasteiger partial charge in [-0.1, -0.05) is 11.6 Å². The van der Waals surface area contributed by atoms with E-state index in [1.807, 2.05) is 11.0 Å². The lowest BCUT2D eigenvalue weighted by Crippen LogP contribution is -2.48. The van der Waals surface area contributed by atoms with Crippen LogP contribution in [-0.2, 0) is 6.54 Å². The fourth-order valence-corrected chi connectivity index (χ4v) is 3.36. The molecule has 2 aromatic rings. The lowest BCUT2D eigenvalue weighted by molar-refractivity contribution is 0.0624. The van der Waals surface area contributed by atoms with Crippen LogP contribution in [0.5, 0.6) is 0 Å². The number of nitrogens with one attached hydrogen (secondary N) is 1. The van der Waals surface area contributed by atoms with Crippen LogP contribution in [0, 0.1) is 0 Å². The molecule has 2 aromatic heterocycles. The van der Waals surface area contributed by atoms with Gasteiger partial charge in [0.1, 0.15) is 0 Å². The van der Waals surface area contributed by atoms with Crippen molar-refractivity contribution < 1.29 is 4.79 Å². The Morgan fingerprint density at radius 3 is 2.75 bits per heavy atom. The van der Waals surface area contributed by atoms with E-state index in [1.165, 1.54) is 11.1 Å². The Bertz CT molecular complexity index is 576. The number of hydrogen-bond acceptors (Lipinski definition) is 5. The van der Waals surface area contributed by atoms with Gasteiger partial charge in [-0.2, -0.15) is 15.4 Å². The summed E-state index contributed by atoms with van der Waals surface area (Å²) >= 11 is 7.54. The number of halogens is 1. The monoisotopic (exact) mass is 311 g/mol. The van der Waals surface area contributed by atoms with Crippen molar-refractivity contribution in [1.82, 2.24) is 25.2 Å². The summed E-state index contributed by atoms with van der Waals surface area (Å²) in [6.07, 6.45) is 1.46.